The van der Waals surface area contributed by atoms with E-state index in [0.717, 1.165) is 31.8 Å². The van der Waals surface area contributed by atoms with Crippen molar-refractivity contribution in [2.45, 2.75) is 56.4 Å². The minimum absolute atomic E-state index is 0.274. The van der Waals surface area contributed by atoms with Crippen LogP contribution in [0.15, 0.2) is 10.1 Å². The van der Waals surface area contributed by atoms with Crippen LogP contribution in [0.3, 0.4) is 0 Å². The number of amides is 1. The Labute approximate surface area is 137 Å². The molecule has 5 nitrogen and oxygen atoms in total. The van der Waals surface area contributed by atoms with Crippen LogP contribution in [0, 0.1) is 5.92 Å². The molecule has 1 atom stereocenters. The van der Waals surface area contributed by atoms with E-state index < -0.39 is 5.38 Å². The first-order valence-corrected chi connectivity index (χ1v) is 8.93. The molecule has 3 aliphatic rings. The third-order valence-electron chi connectivity index (χ3n) is 4.99. The minimum Gasteiger partial charge on any atom is -0.303 e. The molecule has 0 bridgehead atoms. The number of likely N-dealkylation sites (tertiary alicyclic amines) is 1. The molecule has 1 saturated carbocycles. The van der Waals surface area contributed by atoms with Gasteiger partial charge in [-0.05, 0) is 31.6 Å². The summed E-state index contributed by atoms with van der Waals surface area (Å²) >= 11 is 6.07. The van der Waals surface area contributed by atoms with Gasteiger partial charge >= 0.3 is 0 Å². The Balaban J connectivity index is 1.48. The van der Waals surface area contributed by atoms with Crippen molar-refractivity contribution < 1.29 is 4.79 Å². The number of nitrogens with one attached hydrogen (secondary N) is 1. The summed E-state index contributed by atoms with van der Waals surface area (Å²) in [6.45, 7) is 3.47. The zero-order chi connectivity index (χ0) is 15.4. The highest BCUT2D eigenvalue weighted by atomic mass is 35.5. The van der Waals surface area contributed by atoms with Gasteiger partial charge in [0.05, 0.1) is 18.0 Å². The average molecular weight is 325 g/mol. The van der Waals surface area contributed by atoms with Crippen molar-refractivity contribution in [3.63, 3.8) is 0 Å². The molecule has 6 heteroatoms. The predicted molar refractivity (Wildman–Crippen MR) is 89.7 cm³/mol. The monoisotopic (exact) mass is 324 g/mol. The van der Waals surface area contributed by atoms with E-state index in [-0.39, 0.29) is 11.9 Å². The summed E-state index contributed by atoms with van der Waals surface area (Å²) in [6.07, 6.45) is 10.7. The van der Waals surface area contributed by atoms with Crippen molar-refractivity contribution in [1.29, 1.82) is 0 Å². The molecule has 1 N–H and O–H groups in total. The van der Waals surface area contributed by atoms with E-state index in [1.54, 1.807) is 6.21 Å². The number of carbonyl (C=O) groups is 1. The number of piperidine rings is 1. The van der Waals surface area contributed by atoms with Crippen LogP contribution >= 0.6 is 11.6 Å². The van der Waals surface area contributed by atoms with Crippen LogP contribution < -0.4 is 5.43 Å². The van der Waals surface area contributed by atoms with E-state index in [0.29, 0.717) is 5.71 Å². The third kappa shape index (κ3) is 4.07. The van der Waals surface area contributed by atoms with Crippen LogP contribution in [0.4, 0.5) is 0 Å². The molecule has 1 aliphatic carbocycles. The second-order valence-electron chi connectivity index (χ2n) is 6.69. The largest absolute Gasteiger partial charge is 0.303 e. The molecule has 0 aromatic carbocycles. The van der Waals surface area contributed by atoms with E-state index in [1.807, 2.05) is 0 Å². The standard InChI is InChI=1S/C16H25ClN4O/c17-15-14(10-18-20-16(15)22)19-13-6-8-21(9-7-13)11-12-4-2-1-3-5-12/h10,12-13,15H,1-9,11H2,(H,20,22). The number of carbonyl (C=O) groups excluding carboxylic acids is 1. The van der Waals surface area contributed by atoms with E-state index in [1.165, 1.54) is 38.6 Å². The molecule has 22 heavy (non-hydrogen) atoms. The number of rotatable bonds is 3. The SMILES string of the molecule is O=C1NN=CC(=NC2CCN(CC3CCCCC3)CC2)C1Cl. The van der Waals surface area contributed by atoms with Gasteiger partial charge in [0.1, 0.15) is 0 Å². The zero-order valence-corrected chi connectivity index (χ0v) is 13.8. The summed E-state index contributed by atoms with van der Waals surface area (Å²) < 4.78 is 0. The van der Waals surface area contributed by atoms with Crippen LogP contribution in [0.2, 0.25) is 0 Å². The topological polar surface area (TPSA) is 57.1 Å². The summed E-state index contributed by atoms with van der Waals surface area (Å²) in [6, 6.07) is 0.274. The fourth-order valence-electron chi connectivity index (χ4n) is 3.69. The van der Waals surface area contributed by atoms with Gasteiger partial charge in [-0.15, -0.1) is 11.6 Å². The third-order valence-corrected chi connectivity index (χ3v) is 5.41. The normalized spacial score (nSPS) is 30.7. The van der Waals surface area contributed by atoms with E-state index >= 15 is 0 Å². The van der Waals surface area contributed by atoms with Crippen LogP contribution in [-0.4, -0.2) is 53.8 Å². The zero-order valence-electron chi connectivity index (χ0n) is 13.0. The molecular weight excluding hydrogens is 300 g/mol. The summed E-state index contributed by atoms with van der Waals surface area (Å²) in [5.74, 6) is 0.621. The van der Waals surface area contributed by atoms with Crippen molar-refractivity contribution in [1.82, 2.24) is 10.3 Å². The molecular formula is C16H25ClN4O. The predicted octanol–water partition coefficient (Wildman–Crippen LogP) is 2.20. The van der Waals surface area contributed by atoms with Crippen molar-refractivity contribution in [2.24, 2.45) is 16.0 Å². The molecule has 1 unspecified atom stereocenters. The maximum atomic E-state index is 11.5. The molecule has 0 spiro atoms. The lowest BCUT2D eigenvalue weighted by Gasteiger charge is -2.34. The number of hydrazone groups is 1. The van der Waals surface area contributed by atoms with E-state index in [2.05, 4.69) is 20.4 Å². The Morgan fingerprint density at radius 2 is 1.95 bits per heavy atom. The van der Waals surface area contributed by atoms with Gasteiger partial charge in [-0.3, -0.25) is 9.79 Å². The first kappa shape index (κ1) is 15.9. The van der Waals surface area contributed by atoms with E-state index in [4.69, 9.17) is 11.6 Å². The van der Waals surface area contributed by atoms with Crippen LogP contribution in [-0.2, 0) is 4.79 Å². The second kappa shape index (κ2) is 7.55. The Hall–Kier alpha value is -0.940. The van der Waals surface area contributed by atoms with Gasteiger partial charge in [0, 0.05) is 19.6 Å². The van der Waals surface area contributed by atoms with E-state index in [9.17, 15) is 4.79 Å². The highest BCUT2D eigenvalue weighted by Crippen LogP contribution is 2.26. The fourth-order valence-corrected chi connectivity index (χ4v) is 3.86. The summed E-state index contributed by atoms with van der Waals surface area (Å²) in [5, 5.41) is 3.10. The number of alkyl halides is 1. The van der Waals surface area contributed by atoms with Crippen molar-refractivity contribution in [3.05, 3.63) is 0 Å². The Morgan fingerprint density at radius 1 is 1.23 bits per heavy atom. The molecule has 122 valence electrons. The number of nitrogens with zero attached hydrogens (tertiary/aromatic N) is 3. The van der Waals surface area contributed by atoms with Crippen LogP contribution in [0.25, 0.3) is 0 Å². The Morgan fingerprint density at radius 3 is 2.68 bits per heavy atom. The van der Waals surface area contributed by atoms with Crippen LogP contribution in [0.1, 0.15) is 44.9 Å². The number of halogens is 1. The van der Waals surface area contributed by atoms with Crippen LogP contribution in [0.5, 0.6) is 0 Å². The Kier molecular flexibility index (Phi) is 5.47. The lowest BCUT2D eigenvalue weighted by molar-refractivity contribution is -0.119. The second-order valence-corrected chi connectivity index (χ2v) is 7.12. The lowest BCUT2D eigenvalue weighted by Crippen LogP contribution is -2.42. The number of aliphatic imine (C=N–C) groups is 1. The molecule has 2 aliphatic heterocycles. The first-order chi connectivity index (χ1) is 10.7. The van der Waals surface area contributed by atoms with Gasteiger partial charge in [-0.2, -0.15) is 5.10 Å². The minimum atomic E-state index is -0.697. The average Bonchev–Trinajstić information content (AvgIpc) is 2.55. The van der Waals surface area contributed by atoms with Gasteiger partial charge in [-0.1, -0.05) is 19.3 Å². The van der Waals surface area contributed by atoms with Gasteiger partial charge in [0.25, 0.3) is 5.91 Å². The molecule has 0 radical (unpaired) electrons. The quantitative estimate of drug-likeness (QED) is 0.809. The smallest absolute Gasteiger partial charge is 0.264 e. The highest BCUT2D eigenvalue weighted by Gasteiger charge is 2.27. The highest BCUT2D eigenvalue weighted by molar-refractivity contribution is 6.54. The molecule has 0 aromatic heterocycles. The molecule has 2 fully saturated rings. The number of hydrogen-bond donors (Lipinski definition) is 1. The molecule has 0 aromatic rings. The summed E-state index contributed by atoms with van der Waals surface area (Å²) in [7, 11) is 0. The number of hydrogen-bond acceptors (Lipinski definition) is 4. The fraction of sp³-hybridized carbons (Fsp3) is 0.812. The Bertz CT molecular complexity index is 451. The maximum Gasteiger partial charge on any atom is 0.264 e. The lowest BCUT2D eigenvalue weighted by atomic mass is 9.88. The molecule has 1 amide bonds. The molecule has 3 rings (SSSR count). The summed E-state index contributed by atoms with van der Waals surface area (Å²) in [4.78, 5) is 18.7. The first-order valence-electron chi connectivity index (χ1n) is 8.49. The van der Waals surface area contributed by atoms with Gasteiger partial charge in [0.2, 0.25) is 0 Å². The van der Waals surface area contributed by atoms with Crippen molar-refractivity contribution >= 4 is 29.4 Å². The van der Waals surface area contributed by atoms with Crippen molar-refractivity contribution in [3.8, 4) is 0 Å². The molecule has 2 heterocycles. The maximum absolute atomic E-state index is 11.5. The van der Waals surface area contributed by atoms with Gasteiger partial charge in [0.15, 0.2) is 5.38 Å². The molecule has 1 saturated heterocycles. The summed E-state index contributed by atoms with van der Waals surface area (Å²) in [5.41, 5.74) is 2.97. The van der Waals surface area contributed by atoms with Crippen molar-refractivity contribution in [2.75, 3.05) is 19.6 Å². The van der Waals surface area contributed by atoms with Gasteiger partial charge < -0.3 is 4.90 Å². The van der Waals surface area contributed by atoms with Gasteiger partial charge in [-0.25, -0.2) is 5.43 Å².